The van der Waals surface area contributed by atoms with Crippen molar-refractivity contribution in [2.75, 3.05) is 0 Å². The Bertz CT molecular complexity index is 600. The maximum atomic E-state index is 12.3. The zero-order valence-corrected chi connectivity index (χ0v) is 20.5. The Morgan fingerprint density at radius 2 is 1.13 bits per heavy atom. The van der Waals surface area contributed by atoms with E-state index < -0.39 is 0 Å². The molecule has 1 rings (SSSR count). The zero-order valence-electron chi connectivity index (χ0n) is 20.5. The highest BCUT2D eigenvalue weighted by Crippen LogP contribution is 2.25. The number of hydrogen-bond donors (Lipinski definition) is 0. The van der Waals surface area contributed by atoms with E-state index in [-0.39, 0.29) is 11.9 Å². The molecule has 1 aromatic rings. The smallest absolute Gasteiger partial charge is 0.311 e. The SMILES string of the molecule is CCCCC(CC)CCC(=O)Oc1cc(C)cc(OC(=O)CCC(CC)CCCC)c1. The predicted octanol–water partition coefficient (Wildman–Crippen LogP) is 7.80. The number of benzene rings is 1. The molecule has 1 aromatic carbocycles. The molecule has 0 fully saturated rings. The molecule has 4 nitrogen and oxygen atoms in total. The summed E-state index contributed by atoms with van der Waals surface area (Å²) in [6, 6.07) is 5.26. The van der Waals surface area contributed by atoms with Crippen molar-refractivity contribution in [3.8, 4) is 11.5 Å². The van der Waals surface area contributed by atoms with Crippen molar-refractivity contribution in [3.05, 3.63) is 23.8 Å². The lowest BCUT2D eigenvalue weighted by molar-refractivity contribution is -0.135. The van der Waals surface area contributed by atoms with Crippen LogP contribution in [-0.2, 0) is 9.59 Å². The summed E-state index contributed by atoms with van der Waals surface area (Å²) in [4.78, 5) is 24.6. The van der Waals surface area contributed by atoms with Crippen molar-refractivity contribution in [2.24, 2.45) is 11.8 Å². The molecule has 0 heterocycles. The fourth-order valence-corrected chi connectivity index (χ4v) is 3.93. The lowest BCUT2D eigenvalue weighted by atomic mass is 9.94. The molecule has 0 spiro atoms. The second-order valence-electron chi connectivity index (χ2n) is 8.84. The maximum Gasteiger partial charge on any atom is 0.311 e. The molecule has 0 saturated carbocycles. The highest BCUT2D eigenvalue weighted by Gasteiger charge is 2.14. The molecule has 2 unspecified atom stereocenters. The molecule has 0 amide bonds. The Labute approximate surface area is 190 Å². The van der Waals surface area contributed by atoms with Gasteiger partial charge in [-0.3, -0.25) is 9.59 Å². The molecule has 0 aliphatic carbocycles. The number of ether oxygens (including phenoxy) is 2. The molecule has 31 heavy (non-hydrogen) atoms. The van der Waals surface area contributed by atoms with Crippen LogP contribution in [0.4, 0.5) is 0 Å². The third kappa shape index (κ3) is 11.9. The van der Waals surface area contributed by atoms with Gasteiger partial charge in [-0.15, -0.1) is 0 Å². The first-order chi connectivity index (χ1) is 14.9. The molecule has 0 aliphatic rings. The van der Waals surface area contributed by atoms with E-state index in [4.69, 9.17) is 9.47 Å². The van der Waals surface area contributed by atoms with Crippen molar-refractivity contribution < 1.29 is 19.1 Å². The molecular formula is C27H44O4. The minimum atomic E-state index is -0.223. The van der Waals surface area contributed by atoms with Gasteiger partial charge in [0, 0.05) is 18.9 Å². The van der Waals surface area contributed by atoms with Gasteiger partial charge in [-0.25, -0.2) is 0 Å². The Morgan fingerprint density at radius 1 is 0.710 bits per heavy atom. The minimum Gasteiger partial charge on any atom is -0.426 e. The molecule has 0 aromatic heterocycles. The van der Waals surface area contributed by atoms with Crippen molar-refractivity contribution in [1.82, 2.24) is 0 Å². The minimum absolute atomic E-state index is 0.223. The van der Waals surface area contributed by atoms with Gasteiger partial charge in [-0.2, -0.15) is 0 Å². The van der Waals surface area contributed by atoms with Crippen molar-refractivity contribution in [2.45, 2.75) is 112 Å². The van der Waals surface area contributed by atoms with Gasteiger partial charge in [0.25, 0.3) is 0 Å². The number of hydrogen-bond acceptors (Lipinski definition) is 4. The van der Waals surface area contributed by atoms with Crippen LogP contribution in [0.1, 0.15) is 110 Å². The zero-order chi connectivity index (χ0) is 23.1. The maximum absolute atomic E-state index is 12.3. The summed E-state index contributed by atoms with van der Waals surface area (Å²) < 4.78 is 11.1. The monoisotopic (exact) mass is 432 g/mol. The number of esters is 2. The average Bonchev–Trinajstić information content (AvgIpc) is 2.73. The lowest BCUT2D eigenvalue weighted by Gasteiger charge is -2.14. The van der Waals surface area contributed by atoms with Gasteiger partial charge in [0.15, 0.2) is 0 Å². The number of aryl methyl sites for hydroxylation is 1. The highest BCUT2D eigenvalue weighted by atomic mass is 16.5. The van der Waals surface area contributed by atoms with E-state index in [0.29, 0.717) is 36.2 Å². The second-order valence-corrected chi connectivity index (χ2v) is 8.84. The lowest BCUT2D eigenvalue weighted by Crippen LogP contribution is -2.12. The first-order valence-corrected chi connectivity index (χ1v) is 12.4. The van der Waals surface area contributed by atoms with E-state index in [9.17, 15) is 9.59 Å². The molecule has 0 N–H and O–H groups in total. The number of unbranched alkanes of at least 4 members (excludes halogenated alkanes) is 2. The average molecular weight is 433 g/mol. The van der Waals surface area contributed by atoms with Crippen molar-refractivity contribution in [1.29, 1.82) is 0 Å². The third-order valence-corrected chi connectivity index (χ3v) is 6.09. The number of rotatable bonds is 16. The van der Waals surface area contributed by atoms with Crippen LogP contribution in [-0.4, -0.2) is 11.9 Å². The topological polar surface area (TPSA) is 52.6 Å². The van der Waals surface area contributed by atoms with E-state index in [1.807, 2.05) is 19.1 Å². The third-order valence-electron chi connectivity index (χ3n) is 6.09. The standard InChI is InChI=1S/C27H44O4/c1-6-10-12-22(8-3)14-16-26(28)30-24-18-21(5)19-25(20-24)31-27(29)17-15-23(9-4)13-11-7-2/h18-20,22-23H,6-17H2,1-5H3. The summed E-state index contributed by atoms with van der Waals surface area (Å²) in [5.41, 5.74) is 0.900. The number of carbonyl (C=O) groups is 2. The summed E-state index contributed by atoms with van der Waals surface area (Å²) in [5, 5.41) is 0. The van der Waals surface area contributed by atoms with Crippen LogP contribution in [0.25, 0.3) is 0 Å². The van der Waals surface area contributed by atoms with Gasteiger partial charge >= 0.3 is 11.9 Å². The summed E-state index contributed by atoms with van der Waals surface area (Å²) in [5.74, 6) is 1.60. The normalized spacial score (nSPS) is 12.9. The Morgan fingerprint density at radius 3 is 1.48 bits per heavy atom. The van der Waals surface area contributed by atoms with Crippen LogP contribution in [0.3, 0.4) is 0 Å². The van der Waals surface area contributed by atoms with Crippen molar-refractivity contribution >= 4 is 11.9 Å². The molecule has 4 heteroatoms. The largest absolute Gasteiger partial charge is 0.426 e. The first-order valence-electron chi connectivity index (χ1n) is 12.4. The van der Waals surface area contributed by atoms with Crippen LogP contribution in [0.5, 0.6) is 11.5 Å². The van der Waals surface area contributed by atoms with E-state index in [1.165, 1.54) is 38.5 Å². The van der Waals surface area contributed by atoms with Gasteiger partial charge in [0.1, 0.15) is 11.5 Å². The first kappa shape index (κ1) is 27.2. The van der Waals surface area contributed by atoms with Crippen LogP contribution in [0.15, 0.2) is 18.2 Å². The van der Waals surface area contributed by atoms with E-state index in [2.05, 4.69) is 27.7 Å². The fourth-order valence-electron chi connectivity index (χ4n) is 3.93. The predicted molar refractivity (Wildman–Crippen MR) is 128 cm³/mol. The summed E-state index contributed by atoms with van der Waals surface area (Å²) >= 11 is 0. The highest BCUT2D eigenvalue weighted by molar-refractivity contribution is 5.74. The second kappa shape index (κ2) is 15.9. The van der Waals surface area contributed by atoms with Crippen LogP contribution < -0.4 is 9.47 Å². The molecule has 0 aliphatic heterocycles. The van der Waals surface area contributed by atoms with E-state index in [0.717, 1.165) is 31.2 Å². The molecule has 176 valence electrons. The Hall–Kier alpha value is -1.84. The van der Waals surface area contributed by atoms with Gasteiger partial charge in [0.05, 0.1) is 0 Å². The molecule has 0 radical (unpaired) electrons. The fraction of sp³-hybridized carbons (Fsp3) is 0.704. The summed E-state index contributed by atoms with van der Waals surface area (Å²) in [6.45, 7) is 10.7. The van der Waals surface area contributed by atoms with Gasteiger partial charge in [-0.05, 0) is 49.3 Å². The van der Waals surface area contributed by atoms with Gasteiger partial charge in [-0.1, -0.05) is 79.1 Å². The Kier molecular flexibility index (Phi) is 13.9. The van der Waals surface area contributed by atoms with Crippen LogP contribution >= 0.6 is 0 Å². The number of carbonyl (C=O) groups excluding carboxylic acids is 2. The van der Waals surface area contributed by atoms with Crippen LogP contribution in [0, 0.1) is 18.8 Å². The quantitative estimate of drug-likeness (QED) is 0.197. The Balaban J connectivity index is 2.56. The molecule has 0 saturated heterocycles. The van der Waals surface area contributed by atoms with Gasteiger partial charge in [0.2, 0.25) is 0 Å². The van der Waals surface area contributed by atoms with Crippen LogP contribution in [0.2, 0.25) is 0 Å². The van der Waals surface area contributed by atoms with Gasteiger partial charge < -0.3 is 9.47 Å². The van der Waals surface area contributed by atoms with Crippen molar-refractivity contribution in [3.63, 3.8) is 0 Å². The summed E-state index contributed by atoms with van der Waals surface area (Å²) in [7, 11) is 0. The van der Waals surface area contributed by atoms with E-state index >= 15 is 0 Å². The summed E-state index contributed by atoms with van der Waals surface area (Å²) in [6.07, 6.45) is 11.9. The van der Waals surface area contributed by atoms with E-state index in [1.54, 1.807) is 6.07 Å². The molecule has 0 bridgehead atoms. The molecular weight excluding hydrogens is 388 g/mol. The molecule has 2 atom stereocenters.